The van der Waals surface area contributed by atoms with Crippen LogP contribution in [0.15, 0.2) is 48.5 Å². The van der Waals surface area contributed by atoms with E-state index < -0.39 is 5.97 Å². The Bertz CT molecular complexity index is 1150. The van der Waals surface area contributed by atoms with Crippen LogP contribution in [0.2, 0.25) is 0 Å². The van der Waals surface area contributed by atoms with Crippen molar-refractivity contribution < 1.29 is 19.4 Å². The Balaban J connectivity index is 1.21. The minimum absolute atomic E-state index is 0.0555. The molecule has 1 N–H and O–H groups in total. The fourth-order valence-corrected chi connectivity index (χ4v) is 5.34. The van der Waals surface area contributed by atoms with Crippen molar-refractivity contribution in [3.8, 4) is 11.6 Å². The van der Waals surface area contributed by atoms with E-state index in [2.05, 4.69) is 39.5 Å². The van der Waals surface area contributed by atoms with Crippen LogP contribution in [0.25, 0.3) is 0 Å². The third-order valence-corrected chi connectivity index (χ3v) is 7.42. The zero-order chi connectivity index (χ0) is 24.9. The molecular formula is C28H34N4O4. The predicted molar refractivity (Wildman–Crippen MR) is 137 cm³/mol. The third-order valence-electron chi connectivity index (χ3n) is 7.42. The van der Waals surface area contributed by atoms with E-state index in [1.807, 2.05) is 24.3 Å². The predicted octanol–water partition coefficient (Wildman–Crippen LogP) is 5.13. The average molecular weight is 491 g/mol. The SMILES string of the molecule is COc1ccc(Cn2nnc(C(=O)O)c2O[C@H]2CC[C@H](c3ccc(N4CCCCC4)cc3)CC2)cc1. The largest absolute Gasteiger partial charge is 0.497 e. The van der Waals surface area contributed by atoms with Gasteiger partial charge in [0.2, 0.25) is 11.6 Å². The first-order chi connectivity index (χ1) is 17.6. The highest BCUT2D eigenvalue weighted by molar-refractivity contribution is 5.87. The quantitative estimate of drug-likeness (QED) is 0.468. The van der Waals surface area contributed by atoms with Crippen molar-refractivity contribution in [1.29, 1.82) is 0 Å². The molecule has 2 aromatic carbocycles. The second kappa shape index (κ2) is 11.0. The zero-order valence-corrected chi connectivity index (χ0v) is 20.8. The maximum atomic E-state index is 11.8. The molecule has 1 aromatic heterocycles. The molecule has 2 aliphatic rings. The van der Waals surface area contributed by atoms with Crippen LogP contribution in [0.4, 0.5) is 5.69 Å². The second-order valence-electron chi connectivity index (χ2n) is 9.78. The molecular weight excluding hydrogens is 456 g/mol. The number of methoxy groups -OCH3 is 1. The number of nitrogens with zero attached hydrogens (tertiary/aromatic N) is 4. The summed E-state index contributed by atoms with van der Waals surface area (Å²) in [5, 5.41) is 17.6. The van der Waals surface area contributed by atoms with E-state index in [9.17, 15) is 9.90 Å². The number of hydrogen-bond acceptors (Lipinski definition) is 6. The summed E-state index contributed by atoms with van der Waals surface area (Å²) in [5.41, 5.74) is 3.53. The lowest BCUT2D eigenvalue weighted by atomic mass is 9.82. The molecule has 0 unspecified atom stereocenters. The van der Waals surface area contributed by atoms with Gasteiger partial charge >= 0.3 is 5.97 Å². The number of aromatic carboxylic acids is 1. The number of benzene rings is 2. The molecule has 0 bridgehead atoms. The van der Waals surface area contributed by atoms with E-state index in [1.165, 1.54) is 35.2 Å². The minimum atomic E-state index is -1.13. The molecule has 5 rings (SSSR count). The van der Waals surface area contributed by atoms with Gasteiger partial charge in [-0.15, -0.1) is 5.10 Å². The Morgan fingerprint density at radius 1 is 0.972 bits per heavy atom. The fraction of sp³-hybridized carbons (Fsp3) is 0.464. The Morgan fingerprint density at radius 2 is 1.67 bits per heavy atom. The van der Waals surface area contributed by atoms with E-state index in [1.54, 1.807) is 7.11 Å². The lowest BCUT2D eigenvalue weighted by molar-refractivity contribution is 0.0676. The van der Waals surface area contributed by atoms with Crippen LogP contribution in [0, 0.1) is 0 Å². The molecule has 0 atom stereocenters. The maximum absolute atomic E-state index is 11.8. The summed E-state index contributed by atoms with van der Waals surface area (Å²) < 4.78 is 13.0. The van der Waals surface area contributed by atoms with Crippen LogP contribution in [-0.2, 0) is 6.54 Å². The van der Waals surface area contributed by atoms with Crippen molar-refractivity contribution in [2.24, 2.45) is 0 Å². The summed E-state index contributed by atoms with van der Waals surface area (Å²) in [7, 11) is 1.62. The molecule has 0 amide bonds. The molecule has 0 radical (unpaired) electrons. The molecule has 8 nitrogen and oxygen atoms in total. The molecule has 1 saturated carbocycles. The summed E-state index contributed by atoms with van der Waals surface area (Å²) >= 11 is 0. The number of ether oxygens (including phenoxy) is 2. The van der Waals surface area contributed by atoms with E-state index in [4.69, 9.17) is 9.47 Å². The molecule has 36 heavy (non-hydrogen) atoms. The second-order valence-corrected chi connectivity index (χ2v) is 9.78. The standard InChI is InChI=1S/C28H34N4O4/c1-35-24-13-5-20(6-14-24)19-32-27(26(28(33)34)29-30-32)36-25-15-9-22(10-16-25)21-7-11-23(12-8-21)31-17-3-2-4-18-31/h5-8,11-14,22,25H,2-4,9-10,15-19H2,1H3,(H,33,34)/t22-,25-. The fourth-order valence-electron chi connectivity index (χ4n) is 5.34. The van der Waals surface area contributed by atoms with Gasteiger partial charge in [-0.3, -0.25) is 0 Å². The maximum Gasteiger partial charge on any atom is 0.362 e. The number of piperidine rings is 1. The summed E-state index contributed by atoms with van der Waals surface area (Å²) in [6, 6.07) is 16.7. The molecule has 8 heteroatoms. The van der Waals surface area contributed by atoms with Crippen LogP contribution < -0.4 is 14.4 Å². The molecule has 2 heterocycles. The highest BCUT2D eigenvalue weighted by Gasteiger charge is 2.28. The Kier molecular flexibility index (Phi) is 7.39. The Morgan fingerprint density at radius 3 is 2.31 bits per heavy atom. The van der Waals surface area contributed by atoms with Gasteiger partial charge in [-0.2, -0.15) is 0 Å². The average Bonchev–Trinajstić information content (AvgIpc) is 3.32. The first-order valence-corrected chi connectivity index (χ1v) is 12.9. The van der Waals surface area contributed by atoms with Gasteiger partial charge in [0.15, 0.2) is 0 Å². The number of aromatic nitrogens is 3. The number of carbonyl (C=O) groups is 1. The topological polar surface area (TPSA) is 89.7 Å². The van der Waals surface area contributed by atoms with Gasteiger partial charge in [-0.25, -0.2) is 9.48 Å². The van der Waals surface area contributed by atoms with Gasteiger partial charge in [0.1, 0.15) is 11.9 Å². The van der Waals surface area contributed by atoms with Gasteiger partial charge < -0.3 is 19.5 Å². The molecule has 190 valence electrons. The molecule has 1 aliphatic heterocycles. The summed E-state index contributed by atoms with van der Waals surface area (Å²) in [5.74, 6) is 0.362. The molecule has 1 saturated heterocycles. The van der Waals surface area contributed by atoms with Gasteiger partial charge in [0, 0.05) is 18.8 Å². The van der Waals surface area contributed by atoms with E-state index in [0.717, 1.165) is 50.1 Å². The van der Waals surface area contributed by atoms with Crippen molar-refractivity contribution in [3.63, 3.8) is 0 Å². The highest BCUT2D eigenvalue weighted by atomic mass is 16.5. The van der Waals surface area contributed by atoms with Gasteiger partial charge in [-0.05, 0) is 86.3 Å². The summed E-state index contributed by atoms with van der Waals surface area (Å²) in [6.07, 6.45) is 7.60. The number of anilines is 1. The van der Waals surface area contributed by atoms with Gasteiger partial charge in [-0.1, -0.05) is 29.5 Å². The molecule has 0 spiro atoms. The minimum Gasteiger partial charge on any atom is -0.497 e. The Labute approximate surface area is 211 Å². The summed E-state index contributed by atoms with van der Waals surface area (Å²) in [4.78, 5) is 14.3. The van der Waals surface area contributed by atoms with Crippen molar-refractivity contribution in [3.05, 3.63) is 65.4 Å². The first-order valence-electron chi connectivity index (χ1n) is 12.9. The monoisotopic (exact) mass is 490 g/mol. The third kappa shape index (κ3) is 5.48. The van der Waals surface area contributed by atoms with Gasteiger partial charge in [0.25, 0.3) is 0 Å². The van der Waals surface area contributed by atoms with Crippen LogP contribution in [0.1, 0.15) is 72.5 Å². The molecule has 2 fully saturated rings. The van der Waals surface area contributed by atoms with E-state index in [0.29, 0.717) is 12.5 Å². The normalized spacial score (nSPS) is 20.2. The zero-order valence-electron chi connectivity index (χ0n) is 20.8. The van der Waals surface area contributed by atoms with Crippen molar-refractivity contribution in [2.45, 2.75) is 63.5 Å². The van der Waals surface area contributed by atoms with Crippen molar-refractivity contribution in [1.82, 2.24) is 15.0 Å². The molecule has 1 aliphatic carbocycles. The van der Waals surface area contributed by atoms with Gasteiger partial charge in [0.05, 0.1) is 13.7 Å². The number of carboxylic acid groups (broad SMARTS) is 1. The highest BCUT2D eigenvalue weighted by Crippen LogP contribution is 2.36. The lowest BCUT2D eigenvalue weighted by Gasteiger charge is -2.31. The summed E-state index contributed by atoms with van der Waals surface area (Å²) in [6.45, 7) is 2.69. The van der Waals surface area contributed by atoms with Crippen molar-refractivity contribution >= 4 is 11.7 Å². The number of rotatable bonds is 8. The molecule has 3 aromatic rings. The van der Waals surface area contributed by atoms with Crippen LogP contribution in [0.5, 0.6) is 11.6 Å². The lowest BCUT2D eigenvalue weighted by Crippen LogP contribution is -2.29. The van der Waals surface area contributed by atoms with Crippen molar-refractivity contribution in [2.75, 3.05) is 25.1 Å². The van der Waals surface area contributed by atoms with E-state index in [-0.39, 0.29) is 17.7 Å². The number of hydrogen-bond donors (Lipinski definition) is 1. The Hall–Kier alpha value is -3.55. The van der Waals surface area contributed by atoms with E-state index >= 15 is 0 Å². The van der Waals surface area contributed by atoms with Crippen LogP contribution >= 0.6 is 0 Å². The van der Waals surface area contributed by atoms with Crippen LogP contribution in [-0.4, -0.2) is 52.4 Å². The smallest absolute Gasteiger partial charge is 0.362 e. The van der Waals surface area contributed by atoms with Crippen LogP contribution in [0.3, 0.4) is 0 Å². The number of carboxylic acids is 1. The first kappa shape index (κ1) is 24.2.